The molecule has 0 spiro atoms. The van der Waals surface area contributed by atoms with Crippen LogP contribution in [0.4, 0.5) is 0 Å². The number of halogens is 1. The topological polar surface area (TPSA) is 34.9 Å². The van der Waals surface area contributed by atoms with E-state index in [1.54, 1.807) is 18.3 Å². The Balaban J connectivity index is 2.26. The molecule has 0 N–H and O–H groups in total. The van der Waals surface area contributed by atoms with Crippen molar-refractivity contribution in [3.63, 3.8) is 0 Å². The molecule has 0 aliphatic carbocycles. The minimum absolute atomic E-state index is 0.484. The highest BCUT2D eigenvalue weighted by molar-refractivity contribution is 6.33. The van der Waals surface area contributed by atoms with Crippen LogP contribution in [-0.2, 0) is 6.54 Å². The predicted octanol–water partition coefficient (Wildman–Crippen LogP) is 2.71. The molecule has 3 nitrogen and oxygen atoms in total. The summed E-state index contributed by atoms with van der Waals surface area (Å²) in [6.07, 6.45) is 2.52. The molecule has 1 aromatic heterocycles. The highest BCUT2D eigenvalue weighted by Gasteiger charge is 2.03. The van der Waals surface area contributed by atoms with Gasteiger partial charge in [0.25, 0.3) is 0 Å². The van der Waals surface area contributed by atoms with Gasteiger partial charge < -0.3 is 0 Å². The summed E-state index contributed by atoms with van der Waals surface area (Å²) in [4.78, 5) is 10.6. The molecule has 1 heterocycles. The third-order valence-corrected chi connectivity index (χ3v) is 2.78. The quantitative estimate of drug-likeness (QED) is 0.766. The number of rotatable bonds is 3. The maximum Gasteiger partial charge on any atom is 0.151 e. The standard InChI is InChI=1S/C12H11ClN2O/c1-9-4-5-14-15(9)7-10-2-3-11(8-16)12(13)6-10/h2-6,8H,7H2,1H3. The zero-order valence-electron chi connectivity index (χ0n) is 8.85. The van der Waals surface area contributed by atoms with Crippen molar-refractivity contribution in [2.45, 2.75) is 13.5 Å². The first-order valence-electron chi connectivity index (χ1n) is 4.92. The molecule has 0 fully saturated rings. The van der Waals surface area contributed by atoms with E-state index in [9.17, 15) is 4.79 Å². The van der Waals surface area contributed by atoms with Crippen LogP contribution in [0.3, 0.4) is 0 Å². The third-order valence-electron chi connectivity index (χ3n) is 2.45. The highest BCUT2D eigenvalue weighted by atomic mass is 35.5. The van der Waals surface area contributed by atoms with Crippen LogP contribution in [0.2, 0.25) is 5.02 Å². The molecule has 0 aliphatic rings. The molecule has 0 bridgehead atoms. The van der Waals surface area contributed by atoms with Crippen LogP contribution < -0.4 is 0 Å². The Kier molecular flexibility index (Phi) is 3.06. The fourth-order valence-corrected chi connectivity index (χ4v) is 1.75. The lowest BCUT2D eigenvalue weighted by Gasteiger charge is -2.05. The van der Waals surface area contributed by atoms with Crippen molar-refractivity contribution in [2.75, 3.05) is 0 Å². The second-order valence-electron chi connectivity index (χ2n) is 3.60. The molecule has 0 radical (unpaired) electrons. The molecular weight excluding hydrogens is 224 g/mol. The summed E-state index contributed by atoms with van der Waals surface area (Å²) >= 11 is 5.95. The van der Waals surface area contributed by atoms with Gasteiger partial charge in [0.15, 0.2) is 6.29 Å². The molecule has 1 aromatic carbocycles. The van der Waals surface area contributed by atoms with Crippen molar-refractivity contribution in [2.24, 2.45) is 0 Å². The van der Waals surface area contributed by atoms with Crippen molar-refractivity contribution < 1.29 is 4.79 Å². The largest absolute Gasteiger partial charge is 0.298 e. The molecule has 0 unspecified atom stereocenters. The van der Waals surface area contributed by atoms with E-state index in [1.165, 1.54) is 0 Å². The van der Waals surface area contributed by atoms with E-state index in [0.717, 1.165) is 17.5 Å². The SMILES string of the molecule is Cc1ccnn1Cc1ccc(C=O)c(Cl)c1. The van der Waals surface area contributed by atoms with Gasteiger partial charge in [-0.3, -0.25) is 9.48 Å². The van der Waals surface area contributed by atoms with Gasteiger partial charge in [0, 0.05) is 17.5 Å². The summed E-state index contributed by atoms with van der Waals surface area (Å²) in [6, 6.07) is 7.36. The second-order valence-corrected chi connectivity index (χ2v) is 4.01. The Bertz CT molecular complexity index is 519. The molecule has 82 valence electrons. The zero-order chi connectivity index (χ0) is 11.5. The van der Waals surface area contributed by atoms with E-state index in [-0.39, 0.29) is 0 Å². The van der Waals surface area contributed by atoms with Crippen LogP contribution in [0.5, 0.6) is 0 Å². The Morgan fingerprint density at radius 1 is 1.44 bits per heavy atom. The number of hydrogen-bond donors (Lipinski definition) is 0. The average molecular weight is 235 g/mol. The van der Waals surface area contributed by atoms with Gasteiger partial charge in [-0.15, -0.1) is 0 Å². The molecule has 0 aliphatic heterocycles. The summed E-state index contributed by atoms with van der Waals surface area (Å²) in [6.45, 7) is 2.66. The molecule has 0 saturated heterocycles. The molecule has 2 aromatic rings. The van der Waals surface area contributed by atoms with Crippen molar-refractivity contribution in [1.82, 2.24) is 9.78 Å². The summed E-state index contributed by atoms with van der Waals surface area (Å²) in [5, 5.41) is 4.67. The van der Waals surface area contributed by atoms with Gasteiger partial charge in [-0.2, -0.15) is 5.10 Å². The predicted molar refractivity (Wildman–Crippen MR) is 62.9 cm³/mol. The Hall–Kier alpha value is -1.61. The van der Waals surface area contributed by atoms with Crippen molar-refractivity contribution in [3.05, 3.63) is 52.3 Å². The van der Waals surface area contributed by atoms with Gasteiger partial charge in [0.1, 0.15) is 0 Å². The number of hydrogen-bond acceptors (Lipinski definition) is 2. The lowest BCUT2D eigenvalue weighted by Crippen LogP contribution is -2.03. The van der Waals surface area contributed by atoms with Gasteiger partial charge >= 0.3 is 0 Å². The first-order chi connectivity index (χ1) is 7.70. The number of benzene rings is 1. The van der Waals surface area contributed by atoms with Crippen LogP contribution in [0.1, 0.15) is 21.6 Å². The van der Waals surface area contributed by atoms with Crippen LogP contribution >= 0.6 is 11.6 Å². The molecule has 4 heteroatoms. The summed E-state index contributed by atoms with van der Waals surface area (Å²) in [5.41, 5.74) is 2.64. The van der Waals surface area contributed by atoms with Crippen LogP contribution in [0.25, 0.3) is 0 Å². The van der Waals surface area contributed by atoms with Crippen LogP contribution in [-0.4, -0.2) is 16.1 Å². The van der Waals surface area contributed by atoms with Crippen molar-refractivity contribution >= 4 is 17.9 Å². The van der Waals surface area contributed by atoms with E-state index in [1.807, 2.05) is 23.7 Å². The van der Waals surface area contributed by atoms with Gasteiger partial charge in [0.05, 0.1) is 11.6 Å². The maximum atomic E-state index is 10.6. The summed E-state index contributed by atoms with van der Waals surface area (Å²) in [5.74, 6) is 0. The van der Waals surface area contributed by atoms with Crippen molar-refractivity contribution in [3.8, 4) is 0 Å². The van der Waals surface area contributed by atoms with Gasteiger partial charge in [-0.25, -0.2) is 0 Å². The van der Waals surface area contributed by atoms with Crippen molar-refractivity contribution in [1.29, 1.82) is 0 Å². The fourth-order valence-electron chi connectivity index (χ4n) is 1.50. The maximum absolute atomic E-state index is 10.6. The van der Waals surface area contributed by atoms with E-state index in [4.69, 9.17) is 11.6 Å². The van der Waals surface area contributed by atoms with E-state index in [0.29, 0.717) is 17.1 Å². The normalized spacial score (nSPS) is 10.4. The number of carbonyl (C=O) groups excluding carboxylic acids is 1. The van der Waals surface area contributed by atoms with E-state index < -0.39 is 0 Å². The number of aromatic nitrogens is 2. The lowest BCUT2D eigenvalue weighted by atomic mass is 10.1. The molecular formula is C12H11ClN2O. The monoisotopic (exact) mass is 234 g/mol. The molecule has 0 atom stereocenters. The third kappa shape index (κ3) is 2.14. The molecule has 0 saturated carbocycles. The number of nitrogens with zero attached hydrogens (tertiary/aromatic N) is 2. The molecule has 16 heavy (non-hydrogen) atoms. The smallest absolute Gasteiger partial charge is 0.151 e. The van der Waals surface area contributed by atoms with Crippen LogP contribution in [0.15, 0.2) is 30.5 Å². The average Bonchev–Trinajstić information content (AvgIpc) is 2.65. The molecule has 0 amide bonds. The Morgan fingerprint density at radius 2 is 2.25 bits per heavy atom. The summed E-state index contributed by atoms with van der Waals surface area (Å²) < 4.78 is 1.88. The van der Waals surface area contributed by atoms with E-state index >= 15 is 0 Å². The van der Waals surface area contributed by atoms with Gasteiger partial charge in [0.2, 0.25) is 0 Å². The minimum atomic E-state index is 0.484. The van der Waals surface area contributed by atoms with E-state index in [2.05, 4.69) is 5.10 Å². The lowest BCUT2D eigenvalue weighted by molar-refractivity contribution is 0.112. The highest BCUT2D eigenvalue weighted by Crippen LogP contribution is 2.17. The van der Waals surface area contributed by atoms with Gasteiger partial charge in [-0.05, 0) is 30.7 Å². The Morgan fingerprint density at radius 3 is 2.81 bits per heavy atom. The molecule has 2 rings (SSSR count). The van der Waals surface area contributed by atoms with Crippen LogP contribution in [0, 0.1) is 6.92 Å². The first-order valence-corrected chi connectivity index (χ1v) is 5.30. The number of aldehydes is 1. The zero-order valence-corrected chi connectivity index (χ0v) is 9.61. The summed E-state index contributed by atoms with van der Waals surface area (Å²) in [7, 11) is 0. The fraction of sp³-hybridized carbons (Fsp3) is 0.167. The Labute approximate surface area is 98.7 Å². The number of carbonyl (C=O) groups is 1. The van der Waals surface area contributed by atoms with Gasteiger partial charge in [-0.1, -0.05) is 17.7 Å². The first kappa shape index (κ1) is 10.9. The number of aryl methyl sites for hydroxylation is 1. The minimum Gasteiger partial charge on any atom is -0.298 e. The second kappa shape index (κ2) is 4.49.